The second kappa shape index (κ2) is 9.42. The highest BCUT2D eigenvalue weighted by molar-refractivity contribution is 7.98. The van der Waals surface area contributed by atoms with Gasteiger partial charge in [0.2, 0.25) is 5.16 Å². The number of thioether (sulfide) groups is 1. The summed E-state index contributed by atoms with van der Waals surface area (Å²) in [4.78, 5) is 4.59. The number of aromatic hydroxyl groups is 1. The van der Waals surface area contributed by atoms with Gasteiger partial charge in [-0.15, -0.1) is 16.4 Å². The Hall–Kier alpha value is -3.68. The molecule has 0 spiro atoms. The number of hydrogen-bond acceptors (Lipinski definition) is 9. The van der Waals surface area contributed by atoms with E-state index in [0.29, 0.717) is 27.2 Å². The number of allylic oxidation sites excluding steroid dienone is 1. The van der Waals surface area contributed by atoms with E-state index in [1.54, 1.807) is 22.9 Å². The first-order valence-electron chi connectivity index (χ1n) is 9.08. The third-order valence-electron chi connectivity index (χ3n) is 4.21. The predicted molar refractivity (Wildman–Crippen MR) is 119 cm³/mol. The van der Waals surface area contributed by atoms with Gasteiger partial charge < -0.3 is 9.84 Å². The smallest absolute Gasteiger partial charge is 0.214 e. The maximum atomic E-state index is 9.74. The van der Waals surface area contributed by atoms with Crippen LogP contribution in [0.5, 0.6) is 11.5 Å². The molecule has 0 bridgehead atoms. The van der Waals surface area contributed by atoms with Crippen LogP contribution < -0.4 is 4.74 Å². The van der Waals surface area contributed by atoms with E-state index in [2.05, 4.69) is 26.6 Å². The van der Waals surface area contributed by atoms with E-state index in [4.69, 9.17) is 4.74 Å². The molecule has 0 aliphatic heterocycles. The number of ether oxygens (including phenoxy) is 1. The molecular weight excluding hydrogens is 432 g/mol. The zero-order valence-electron chi connectivity index (χ0n) is 16.3. The van der Waals surface area contributed by atoms with Gasteiger partial charge in [0.05, 0.1) is 24.1 Å². The van der Waals surface area contributed by atoms with Crippen LogP contribution in [0.1, 0.15) is 16.3 Å². The second-order valence-electron chi connectivity index (χ2n) is 6.24. The fourth-order valence-corrected chi connectivity index (χ4v) is 4.40. The number of phenolic OH excluding ortho intramolecular Hbond substituents is 1. The van der Waals surface area contributed by atoms with Gasteiger partial charge in [-0.2, -0.15) is 9.94 Å². The van der Waals surface area contributed by atoms with Gasteiger partial charge in [0, 0.05) is 11.1 Å². The molecule has 0 saturated heterocycles. The van der Waals surface area contributed by atoms with Gasteiger partial charge in [0.1, 0.15) is 11.1 Å². The molecule has 4 aromatic rings. The largest absolute Gasteiger partial charge is 0.504 e. The molecule has 31 heavy (non-hydrogen) atoms. The summed E-state index contributed by atoms with van der Waals surface area (Å²) in [5.74, 6) is 0.957. The molecule has 8 nitrogen and oxygen atoms in total. The summed E-state index contributed by atoms with van der Waals surface area (Å²) >= 11 is 2.87. The lowest BCUT2D eigenvalue weighted by molar-refractivity contribution is 0.373. The SMILES string of the molecule is COc1cc(/C=C(\C#N)c2nc(CSc3nnnn3-c3ccccc3)cs2)ccc1O. The molecule has 0 unspecified atom stereocenters. The molecule has 0 aliphatic rings. The fourth-order valence-electron chi connectivity index (χ4n) is 2.73. The quantitative estimate of drug-likeness (QED) is 0.331. The van der Waals surface area contributed by atoms with Crippen molar-refractivity contribution in [3.8, 4) is 23.3 Å². The maximum Gasteiger partial charge on any atom is 0.214 e. The zero-order chi connectivity index (χ0) is 21.6. The summed E-state index contributed by atoms with van der Waals surface area (Å²) in [5.41, 5.74) is 2.88. The summed E-state index contributed by atoms with van der Waals surface area (Å²) < 4.78 is 6.80. The molecule has 2 aromatic heterocycles. The van der Waals surface area contributed by atoms with Crippen LogP contribution in [0.3, 0.4) is 0 Å². The molecule has 0 saturated carbocycles. The third-order valence-corrected chi connectivity index (χ3v) is 6.09. The molecule has 2 heterocycles. The summed E-state index contributed by atoms with van der Waals surface area (Å²) in [6.45, 7) is 0. The number of tetrazole rings is 1. The van der Waals surface area contributed by atoms with Crippen LogP contribution in [-0.4, -0.2) is 37.4 Å². The van der Waals surface area contributed by atoms with Crippen LogP contribution >= 0.6 is 23.1 Å². The van der Waals surface area contributed by atoms with Gasteiger partial charge in [-0.1, -0.05) is 36.0 Å². The Balaban J connectivity index is 1.50. The Morgan fingerprint density at radius 3 is 2.90 bits per heavy atom. The van der Waals surface area contributed by atoms with Crippen LogP contribution in [0.15, 0.2) is 59.1 Å². The maximum absolute atomic E-state index is 9.74. The Kier molecular flexibility index (Phi) is 6.26. The summed E-state index contributed by atoms with van der Waals surface area (Å²) in [6, 6.07) is 16.8. The number of hydrogen-bond donors (Lipinski definition) is 1. The van der Waals surface area contributed by atoms with Crippen LogP contribution in [0.25, 0.3) is 17.3 Å². The lowest BCUT2D eigenvalue weighted by Crippen LogP contribution is -1.98. The third kappa shape index (κ3) is 4.74. The normalized spacial score (nSPS) is 11.3. The standard InChI is InChI=1S/C21H16N6O2S2/c1-29-19-10-14(7-8-18(19)28)9-15(11-22)20-23-16(12-30-20)13-31-21-24-25-26-27(21)17-5-3-2-4-6-17/h2-10,12,28H,13H2,1H3/b15-9+. The van der Waals surface area contributed by atoms with Crippen molar-refractivity contribution in [1.82, 2.24) is 25.2 Å². The van der Waals surface area contributed by atoms with E-state index in [-0.39, 0.29) is 5.75 Å². The molecular formula is C21H16N6O2S2. The number of para-hydroxylation sites is 1. The highest BCUT2D eigenvalue weighted by atomic mass is 32.2. The van der Waals surface area contributed by atoms with Crippen LogP contribution in [0.4, 0.5) is 0 Å². The molecule has 0 amide bonds. The summed E-state index contributed by atoms with van der Waals surface area (Å²) in [5, 5.41) is 34.4. The molecule has 1 N–H and O–H groups in total. The average molecular weight is 449 g/mol. The summed E-state index contributed by atoms with van der Waals surface area (Å²) in [7, 11) is 1.48. The van der Waals surface area contributed by atoms with Crippen molar-refractivity contribution < 1.29 is 9.84 Å². The van der Waals surface area contributed by atoms with Gasteiger partial charge in [0.15, 0.2) is 11.5 Å². The minimum absolute atomic E-state index is 0.0459. The van der Waals surface area contributed by atoms with Gasteiger partial charge in [-0.3, -0.25) is 0 Å². The number of rotatable bonds is 7. The average Bonchev–Trinajstić information content (AvgIpc) is 3.47. The minimum atomic E-state index is 0.0459. The van der Waals surface area contributed by atoms with Crippen LogP contribution in [0.2, 0.25) is 0 Å². The van der Waals surface area contributed by atoms with Gasteiger partial charge in [-0.25, -0.2) is 4.98 Å². The number of aromatic nitrogens is 5. The molecule has 4 rings (SSSR count). The van der Waals surface area contributed by atoms with E-state index < -0.39 is 0 Å². The first-order chi connectivity index (χ1) is 15.2. The van der Waals surface area contributed by atoms with Crippen molar-refractivity contribution in [2.24, 2.45) is 0 Å². The van der Waals surface area contributed by atoms with Gasteiger partial charge in [-0.05, 0) is 46.3 Å². The minimum Gasteiger partial charge on any atom is -0.504 e. The van der Waals surface area contributed by atoms with Crippen molar-refractivity contribution in [3.05, 3.63) is 70.2 Å². The highest BCUT2D eigenvalue weighted by Crippen LogP contribution is 2.30. The predicted octanol–water partition coefficient (Wildman–Crippen LogP) is 4.19. The summed E-state index contributed by atoms with van der Waals surface area (Å²) in [6.07, 6.45) is 1.72. The number of phenols is 1. The van der Waals surface area contributed by atoms with Gasteiger partial charge >= 0.3 is 0 Å². The number of methoxy groups -OCH3 is 1. The Morgan fingerprint density at radius 1 is 1.29 bits per heavy atom. The topological polar surface area (TPSA) is 110 Å². The van der Waals surface area contributed by atoms with Crippen molar-refractivity contribution >= 4 is 34.7 Å². The molecule has 154 valence electrons. The van der Waals surface area contributed by atoms with E-state index in [1.165, 1.54) is 36.3 Å². The van der Waals surface area contributed by atoms with E-state index in [9.17, 15) is 10.4 Å². The van der Waals surface area contributed by atoms with Crippen LogP contribution in [-0.2, 0) is 5.75 Å². The first kappa shape index (κ1) is 20.6. The number of benzene rings is 2. The molecule has 0 radical (unpaired) electrons. The van der Waals surface area contributed by atoms with Crippen molar-refractivity contribution in [3.63, 3.8) is 0 Å². The Bertz CT molecular complexity index is 1260. The second-order valence-corrected chi connectivity index (χ2v) is 8.04. The first-order valence-corrected chi connectivity index (χ1v) is 10.9. The van der Waals surface area contributed by atoms with E-state index in [1.807, 2.05) is 35.7 Å². The van der Waals surface area contributed by atoms with Crippen molar-refractivity contribution in [2.75, 3.05) is 7.11 Å². The monoisotopic (exact) mass is 448 g/mol. The number of nitriles is 1. The van der Waals surface area contributed by atoms with Gasteiger partial charge in [0.25, 0.3) is 0 Å². The number of thiazole rings is 1. The zero-order valence-corrected chi connectivity index (χ0v) is 18.0. The van der Waals surface area contributed by atoms with E-state index in [0.717, 1.165) is 16.9 Å². The lowest BCUT2D eigenvalue weighted by Gasteiger charge is -2.04. The van der Waals surface area contributed by atoms with Crippen LogP contribution in [0, 0.1) is 11.3 Å². The Morgan fingerprint density at radius 2 is 2.13 bits per heavy atom. The highest BCUT2D eigenvalue weighted by Gasteiger charge is 2.12. The number of nitrogens with zero attached hydrogens (tertiary/aromatic N) is 6. The fraction of sp³-hybridized carbons (Fsp3) is 0.0952. The van der Waals surface area contributed by atoms with Crippen molar-refractivity contribution in [2.45, 2.75) is 10.9 Å². The van der Waals surface area contributed by atoms with E-state index >= 15 is 0 Å². The Labute approximate surface area is 186 Å². The molecule has 0 atom stereocenters. The lowest BCUT2D eigenvalue weighted by atomic mass is 10.1. The molecule has 10 heteroatoms. The molecule has 0 aliphatic carbocycles. The molecule has 0 fully saturated rings. The van der Waals surface area contributed by atoms with Crippen molar-refractivity contribution in [1.29, 1.82) is 5.26 Å². The molecule has 2 aromatic carbocycles.